The summed E-state index contributed by atoms with van der Waals surface area (Å²) in [5.74, 6) is -0.315. The largest absolute Gasteiger partial charge is 0.347 e. The van der Waals surface area contributed by atoms with E-state index in [0.717, 1.165) is 11.1 Å². The van der Waals surface area contributed by atoms with Crippen LogP contribution in [0.1, 0.15) is 24.5 Å². The molecule has 1 saturated heterocycles. The predicted octanol–water partition coefficient (Wildman–Crippen LogP) is 0.689. The Morgan fingerprint density at radius 2 is 1.92 bits per heavy atom. The lowest BCUT2D eigenvalue weighted by Gasteiger charge is -2.27. The third-order valence-electron chi connectivity index (χ3n) is 4.23. The SMILES string of the molecule is CCN(C(=O)CNC(=O)Cc1ccc(C)cc1)C1CCS(=O)(=O)C1. The van der Waals surface area contributed by atoms with Gasteiger partial charge in [0.15, 0.2) is 9.84 Å². The van der Waals surface area contributed by atoms with Crippen LogP contribution in [-0.2, 0) is 25.8 Å². The lowest BCUT2D eigenvalue weighted by Crippen LogP contribution is -2.46. The smallest absolute Gasteiger partial charge is 0.242 e. The van der Waals surface area contributed by atoms with Crippen LogP contribution in [-0.4, -0.2) is 55.8 Å². The van der Waals surface area contributed by atoms with Crippen LogP contribution in [0.15, 0.2) is 24.3 Å². The number of sulfone groups is 1. The van der Waals surface area contributed by atoms with E-state index in [1.807, 2.05) is 38.1 Å². The molecule has 1 atom stereocenters. The van der Waals surface area contributed by atoms with Gasteiger partial charge in [-0.1, -0.05) is 29.8 Å². The van der Waals surface area contributed by atoms with Crippen LogP contribution in [0, 0.1) is 6.92 Å². The van der Waals surface area contributed by atoms with E-state index in [9.17, 15) is 18.0 Å². The summed E-state index contributed by atoms with van der Waals surface area (Å²) in [7, 11) is -3.04. The summed E-state index contributed by atoms with van der Waals surface area (Å²) in [5, 5.41) is 2.62. The normalized spacial score (nSPS) is 19.0. The molecule has 0 radical (unpaired) electrons. The molecule has 2 rings (SSSR count). The Labute approximate surface area is 143 Å². The van der Waals surface area contributed by atoms with Gasteiger partial charge < -0.3 is 10.2 Å². The minimum Gasteiger partial charge on any atom is -0.347 e. The molecule has 24 heavy (non-hydrogen) atoms. The van der Waals surface area contributed by atoms with Crippen molar-refractivity contribution in [3.8, 4) is 0 Å². The second-order valence-corrected chi connectivity index (χ2v) is 8.40. The fraction of sp³-hybridized carbons (Fsp3) is 0.529. The molecule has 0 bridgehead atoms. The van der Waals surface area contributed by atoms with Gasteiger partial charge in [0.25, 0.3) is 0 Å². The first-order valence-electron chi connectivity index (χ1n) is 8.13. The fourth-order valence-electron chi connectivity index (χ4n) is 2.89. The number of hydrogen-bond donors (Lipinski definition) is 1. The summed E-state index contributed by atoms with van der Waals surface area (Å²) in [5.41, 5.74) is 2.01. The third kappa shape index (κ3) is 5.06. The van der Waals surface area contributed by atoms with Crippen LogP contribution in [0.5, 0.6) is 0 Å². The van der Waals surface area contributed by atoms with Crippen molar-refractivity contribution in [1.29, 1.82) is 0 Å². The van der Waals surface area contributed by atoms with Crippen LogP contribution in [0.2, 0.25) is 0 Å². The molecule has 132 valence electrons. The van der Waals surface area contributed by atoms with Crippen LogP contribution < -0.4 is 5.32 Å². The van der Waals surface area contributed by atoms with E-state index < -0.39 is 9.84 Å². The molecular weight excluding hydrogens is 328 g/mol. The van der Waals surface area contributed by atoms with Gasteiger partial charge in [0, 0.05) is 12.6 Å². The van der Waals surface area contributed by atoms with Gasteiger partial charge in [0.2, 0.25) is 11.8 Å². The molecule has 1 unspecified atom stereocenters. The maximum absolute atomic E-state index is 12.3. The summed E-state index contributed by atoms with van der Waals surface area (Å²) in [6, 6.07) is 7.37. The third-order valence-corrected chi connectivity index (χ3v) is 5.98. The minimum absolute atomic E-state index is 0.0178. The van der Waals surface area contributed by atoms with Gasteiger partial charge in [-0.05, 0) is 25.8 Å². The van der Waals surface area contributed by atoms with Crippen molar-refractivity contribution in [2.45, 2.75) is 32.7 Å². The number of likely N-dealkylation sites (N-methyl/N-ethyl adjacent to an activating group) is 1. The van der Waals surface area contributed by atoms with Crippen molar-refractivity contribution in [3.05, 3.63) is 35.4 Å². The predicted molar refractivity (Wildman–Crippen MR) is 92.3 cm³/mol. The first-order valence-corrected chi connectivity index (χ1v) is 9.95. The zero-order chi connectivity index (χ0) is 17.7. The highest BCUT2D eigenvalue weighted by molar-refractivity contribution is 7.91. The monoisotopic (exact) mass is 352 g/mol. The van der Waals surface area contributed by atoms with Crippen molar-refractivity contribution in [2.75, 3.05) is 24.6 Å². The molecule has 1 aromatic carbocycles. The number of rotatable bonds is 6. The number of aryl methyl sites for hydroxylation is 1. The molecule has 0 saturated carbocycles. The molecule has 0 spiro atoms. The zero-order valence-electron chi connectivity index (χ0n) is 14.1. The van der Waals surface area contributed by atoms with Gasteiger partial charge in [-0.25, -0.2) is 8.42 Å². The molecule has 0 aromatic heterocycles. The average Bonchev–Trinajstić information content (AvgIpc) is 2.88. The Kier molecular flexibility index (Phi) is 5.99. The Morgan fingerprint density at radius 1 is 1.25 bits per heavy atom. The summed E-state index contributed by atoms with van der Waals surface area (Å²) < 4.78 is 23.1. The van der Waals surface area contributed by atoms with E-state index in [4.69, 9.17) is 0 Å². The molecule has 1 fully saturated rings. The number of amides is 2. The summed E-state index contributed by atoms with van der Waals surface area (Å²) in [6.45, 7) is 4.13. The maximum atomic E-state index is 12.3. The highest BCUT2D eigenvalue weighted by atomic mass is 32.2. The minimum atomic E-state index is -3.04. The number of carbonyl (C=O) groups is 2. The lowest BCUT2D eigenvalue weighted by molar-refractivity contribution is -0.134. The Hall–Kier alpha value is -1.89. The first-order chi connectivity index (χ1) is 11.3. The molecule has 7 heteroatoms. The highest BCUT2D eigenvalue weighted by Gasteiger charge is 2.33. The highest BCUT2D eigenvalue weighted by Crippen LogP contribution is 2.17. The van der Waals surface area contributed by atoms with Crippen molar-refractivity contribution in [3.63, 3.8) is 0 Å². The molecule has 2 amide bonds. The van der Waals surface area contributed by atoms with E-state index in [0.29, 0.717) is 13.0 Å². The number of hydrogen-bond acceptors (Lipinski definition) is 4. The molecule has 6 nitrogen and oxygen atoms in total. The Bertz CT molecular complexity index is 698. The van der Waals surface area contributed by atoms with Crippen molar-refractivity contribution >= 4 is 21.7 Å². The average molecular weight is 352 g/mol. The Balaban J connectivity index is 1.84. The second-order valence-electron chi connectivity index (χ2n) is 6.18. The van der Waals surface area contributed by atoms with Crippen molar-refractivity contribution in [1.82, 2.24) is 10.2 Å². The van der Waals surface area contributed by atoms with Gasteiger partial charge in [-0.15, -0.1) is 0 Å². The quantitative estimate of drug-likeness (QED) is 0.816. The van der Waals surface area contributed by atoms with Gasteiger partial charge in [0.05, 0.1) is 24.5 Å². The van der Waals surface area contributed by atoms with Crippen molar-refractivity contribution in [2.24, 2.45) is 0 Å². The molecule has 1 aliphatic heterocycles. The molecule has 1 heterocycles. The summed E-state index contributed by atoms with van der Waals surface area (Å²) >= 11 is 0. The summed E-state index contributed by atoms with van der Waals surface area (Å²) in [6.07, 6.45) is 0.691. The fourth-order valence-corrected chi connectivity index (χ4v) is 4.62. The van der Waals surface area contributed by atoms with Crippen molar-refractivity contribution < 1.29 is 18.0 Å². The zero-order valence-corrected chi connectivity index (χ0v) is 14.9. The standard InChI is InChI=1S/C17H24N2O4S/c1-3-19(15-8-9-24(22,23)12-15)17(21)11-18-16(20)10-14-6-4-13(2)5-7-14/h4-7,15H,3,8-12H2,1-2H3,(H,18,20). The number of carbonyl (C=O) groups excluding carboxylic acids is 2. The topological polar surface area (TPSA) is 83.6 Å². The molecular formula is C17H24N2O4S. The van der Waals surface area contributed by atoms with Crippen LogP contribution >= 0.6 is 0 Å². The second kappa shape index (κ2) is 7.79. The lowest BCUT2D eigenvalue weighted by atomic mass is 10.1. The van der Waals surface area contributed by atoms with E-state index in [-0.39, 0.29) is 42.3 Å². The van der Waals surface area contributed by atoms with E-state index >= 15 is 0 Å². The van der Waals surface area contributed by atoms with Crippen LogP contribution in [0.3, 0.4) is 0 Å². The van der Waals surface area contributed by atoms with E-state index in [1.54, 1.807) is 4.90 Å². The number of nitrogens with zero attached hydrogens (tertiary/aromatic N) is 1. The summed E-state index contributed by atoms with van der Waals surface area (Å²) in [4.78, 5) is 25.8. The van der Waals surface area contributed by atoms with Crippen LogP contribution in [0.4, 0.5) is 0 Å². The van der Waals surface area contributed by atoms with E-state index in [1.165, 1.54) is 0 Å². The van der Waals surface area contributed by atoms with E-state index in [2.05, 4.69) is 5.32 Å². The first kappa shape index (κ1) is 18.4. The number of nitrogens with one attached hydrogen (secondary N) is 1. The van der Waals surface area contributed by atoms with Gasteiger partial charge in [-0.2, -0.15) is 0 Å². The molecule has 1 aromatic rings. The number of benzene rings is 1. The van der Waals surface area contributed by atoms with Gasteiger partial charge >= 0.3 is 0 Å². The van der Waals surface area contributed by atoms with Gasteiger partial charge in [-0.3, -0.25) is 9.59 Å². The van der Waals surface area contributed by atoms with Crippen LogP contribution in [0.25, 0.3) is 0 Å². The molecule has 1 N–H and O–H groups in total. The molecule has 0 aliphatic carbocycles. The molecule has 1 aliphatic rings. The van der Waals surface area contributed by atoms with Gasteiger partial charge in [0.1, 0.15) is 0 Å². The maximum Gasteiger partial charge on any atom is 0.242 e. The Morgan fingerprint density at radius 3 is 2.46 bits per heavy atom.